The fourth-order valence-electron chi connectivity index (χ4n) is 2.14. The Morgan fingerprint density at radius 1 is 1.00 bits per heavy atom. The summed E-state index contributed by atoms with van der Waals surface area (Å²) in [5, 5.41) is 8.44. The Balaban J connectivity index is 1.70. The molecule has 0 saturated heterocycles. The van der Waals surface area contributed by atoms with Gasteiger partial charge in [-0.05, 0) is 29.8 Å². The molecule has 1 heterocycles. The molecule has 2 aromatic carbocycles. The van der Waals surface area contributed by atoms with Crippen LogP contribution in [0.1, 0.15) is 15.9 Å². The van der Waals surface area contributed by atoms with Gasteiger partial charge in [0.25, 0.3) is 5.91 Å². The lowest BCUT2D eigenvalue weighted by atomic mass is 10.2. The van der Waals surface area contributed by atoms with Crippen LogP contribution in [0.3, 0.4) is 0 Å². The summed E-state index contributed by atoms with van der Waals surface area (Å²) in [7, 11) is 0. The number of rotatable bonds is 4. The highest BCUT2D eigenvalue weighted by molar-refractivity contribution is 6.42. The number of anilines is 1. The molecule has 0 bridgehead atoms. The van der Waals surface area contributed by atoms with Crippen LogP contribution in [0.25, 0.3) is 0 Å². The van der Waals surface area contributed by atoms with E-state index in [0.29, 0.717) is 33.0 Å². The van der Waals surface area contributed by atoms with Gasteiger partial charge < -0.3 is 5.32 Å². The van der Waals surface area contributed by atoms with Crippen molar-refractivity contribution in [2.24, 2.45) is 0 Å². The highest BCUT2D eigenvalue weighted by atomic mass is 35.5. The molecule has 0 aliphatic heterocycles. The normalized spacial score (nSPS) is 10.6. The molecule has 0 saturated carbocycles. The van der Waals surface area contributed by atoms with Gasteiger partial charge in [0.2, 0.25) is 0 Å². The van der Waals surface area contributed by atoms with Gasteiger partial charge in [-0.1, -0.05) is 53.0 Å². The zero-order valence-corrected chi connectivity index (χ0v) is 14.6. The number of carbonyl (C=O) groups is 1. The molecule has 1 aromatic heterocycles. The van der Waals surface area contributed by atoms with Crippen LogP contribution in [0.2, 0.25) is 15.1 Å². The monoisotopic (exact) mass is 379 g/mol. The van der Waals surface area contributed by atoms with E-state index >= 15 is 0 Å². The molecule has 7 heteroatoms. The SMILES string of the molecule is O=C(Nc1ccn(Cc2ccccc2Cl)n1)c1ccc(Cl)c(Cl)c1. The molecule has 3 aromatic rings. The van der Waals surface area contributed by atoms with Crippen molar-refractivity contribution in [3.63, 3.8) is 0 Å². The van der Waals surface area contributed by atoms with Gasteiger partial charge in [0.15, 0.2) is 5.82 Å². The van der Waals surface area contributed by atoms with Gasteiger partial charge in [-0.25, -0.2) is 0 Å². The number of hydrogen-bond acceptors (Lipinski definition) is 2. The molecule has 0 fully saturated rings. The van der Waals surface area contributed by atoms with Crippen molar-refractivity contribution in [1.29, 1.82) is 0 Å². The molecule has 24 heavy (non-hydrogen) atoms. The van der Waals surface area contributed by atoms with Crippen molar-refractivity contribution < 1.29 is 4.79 Å². The molecule has 1 amide bonds. The molecule has 0 unspecified atom stereocenters. The van der Waals surface area contributed by atoms with E-state index in [-0.39, 0.29) is 5.91 Å². The van der Waals surface area contributed by atoms with Crippen LogP contribution in [-0.4, -0.2) is 15.7 Å². The number of carbonyl (C=O) groups excluding carboxylic acids is 1. The predicted molar refractivity (Wildman–Crippen MR) is 97.2 cm³/mol. The van der Waals surface area contributed by atoms with Crippen molar-refractivity contribution in [2.45, 2.75) is 6.54 Å². The summed E-state index contributed by atoms with van der Waals surface area (Å²) in [5.41, 5.74) is 1.36. The molecular weight excluding hydrogens is 369 g/mol. The van der Waals surface area contributed by atoms with Crippen molar-refractivity contribution in [3.8, 4) is 0 Å². The maximum atomic E-state index is 12.2. The third-order valence-corrected chi connectivity index (χ3v) is 4.46. The Labute approximate surface area is 154 Å². The minimum Gasteiger partial charge on any atom is -0.305 e. The molecule has 1 N–H and O–H groups in total. The average Bonchev–Trinajstić information content (AvgIpc) is 2.99. The lowest BCUT2D eigenvalue weighted by Crippen LogP contribution is -2.13. The van der Waals surface area contributed by atoms with Crippen LogP contribution < -0.4 is 5.32 Å². The summed E-state index contributed by atoms with van der Waals surface area (Å²) in [6.45, 7) is 0.516. The molecule has 0 spiro atoms. The fourth-order valence-corrected chi connectivity index (χ4v) is 2.64. The molecule has 0 aliphatic carbocycles. The Morgan fingerprint density at radius 3 is 2.54 bits per heavy atom. The highest BCUT2D eigenvalue weighted by Crippen LogP contribution is 2.23. The van der Waals surface area contributed by atoms with E-state index < -0.39 is 0 Å². The van der Waals surface area contributed by atoms with E-state index in [1.807, 2.05) is 24.3 Å². The number of nitrogens with zero attached hydrogens (tertiary/aromatic N) is 2. The summed E-state index contributed by atoms with van der Waals surface area (Å²) < 4.78 is 1.70. The molecule has 0 aliphatic rings. The Hall–Kier alpha value is -2.01. The Morgan fingerprint density at radius 2 is 1.79 bits per heavy atom. The molecule has 3 rings (SSSR count). The number of amides is 1. The topological polar surface area (TPSA) is 46.9 Å². The maximum absolute atomic E-state index is 12.2. The van der Waals surface area contributed by atoms with Crippen LogP contribution in [0.15, 0.2) is 54.7 Å². The summed E-state index contributed by atoms with van der Waals surface area (Å²) in [6.07, 6.45) is 1.77. The summed E-state index contributed by atoms with van der Waals surface area (Å²) in [5.74, 6) is 0.134. The standard InChI is InChI=1S/C17H12Cl3N3O/c18-13-4-2-1-3-12(13)10-23-8-7-16(22-23)21-17(24)11-5-6-14(19)15(20)9-11/h1-9H,10H2,(H,21,22,24). The second kappa shape index (κ2) is 7.26. The lowest BCUT2D eigenvalue weighted by Gasteiger charge is -2.05. The molecule has 0 atom stereocenters. The number of nitrogens with one attached hydrogen (secondary N) is 1. The van der Waals surface area contributed by atoms with Crippen molar-refractivity contribution in [3.05, 3.63) is 80.9 Å². The van der Waals surface area contributed by atoms with E-state index in [9.17, 15) is 4.79 Å². The van der Waals surface area contributed by atoms with E-state index in [1.165, 1.54) is 6.07 Å². The number of halogens is 3. The van der Waals surface area contributed by atoms with E-state index in [0.717, 1.165) is 5.56 Å². The van der Waals surface area contributed by atoms with Gasteiger partial charge >= 0.3 is 0 Å². The van der Waals surface area contributed by atoms with Crippen molar-refractivity contribution in [2.75, 3.05) is 5.32 Å². The van der Waals surface area contributed by atoms with E-state index in [1.54, 1.807) is 29.1 Å². The van der Waals surface area contributed by atoms with Gasteiger partial charge in [0, 0.05) is 22.8 Å². The quantitative estimate of drug-likeness (QED) is 0.681. The minimum absolute atomic E-state index is 0.309. The van der Waals surface area contributed by atoms with Gasteiger partial charge in [-0.3, -0.25) is 9.48 Å². The van der Waals surface area contributed by atoms with Gasteiger partial charge in [0.05, 0.1) is 16.6 Å². The van der Waals surface area contributed by atoms with E-state index in [2.05, 4.69) is 10.4 Å². The average molecular weight is 381 g/mol. The molecule has 122 valence electrons. The summed E-state index contributed by atoms with van der Waals surface area (Å²) in [4.78, 5) is 12.2. The fraction of sp³-hybridized carbons (Fsp3) is 0.0588. The van der Waals surface area contributed by atoms with Crippen LogP contribution in [0, 0.1) is 0 Å². The second-order valence-corrected chi connectivity index (χ2v) is 6.29. The van der Waals surface area contributed by atoms with Crippen LogP contribution in [0.4, 0.5) is 5.82 Å². The third kappa shape index (κ3) is 3.90. The zero-order chi connectivity index (χ0) is 17.1. The van der Waals surface area contributed by atoms with Crippen LogP contribution >= 0.6 is 34.8 Å². The van der Waals surface area contributed by atoms with Crippen LogP contribution in [0.5, 0.6) is 0 Å². The second-order valence-electron chi connectivity index (χ2n) is 5.07. The third-order valence-electron chi connectivity index (χ3n) is 3.35. The van der Waals surface area contributed by atoms with Crippen molar-refractivity contribution in [1.82, 2.24) is 9.78 Å². The Kier molecular flexibility index (Phi) is 5.09. The van der Waals surface area contributed by atoms with Gasteiger partial charge in [-0.15, -0.1) is 0 Å². The van der Waals surface area contributed by atoms with Gasteiger partial charge in [-0.2, -0.15) is 5.10 Å². The largest absolute Gasteiger partial charge is 0.305 e. The maximum Gasteiger partial charge on any atom is 0.256 e. The van der Waals surface area contributed by atoms with Gasteiger partial charge in [0.1, 0.15) is 0 Å². The number of benzene rings is 2. The first kappa shape index (κ1) is 16.8. The summed E-state index contributed by atoms with van der Waals surface area (Å²) >= 11 is 17.9. The Bertz CT molecular complexity index is 892. The number of aromatic nitrogens is 2. The first-order valence-electron chi connectivity index (χ1n) is 7.06. The smallest absolute Gasteiger partial charge is 0.256 e. The summed E-state index contributed by atoms with van der Waals surface area (Å²) in [6, 6.07) is 14.0. The minimum atomic E-state index is -0.309. The first-order chi connectivity index (χ1) is 11.5. The van der Waals surface area contributed by atoms with E-state index in [4.69, 9.17) is 34.8 Å². The predicted octanol–water partition coefficient (Wildman–Crippen LogP) is 5.14. The zero-order valence-electron chi connectivity index (χ0n) is 12.3. The molecule has 4 nitrogen and oxygen atoms in total. The highest BCUT2D eigenvalue weighted by Gasteiger charge is 2.10. The molecule has 0 radical (unpaired) electrons. The number of hydrogen-bond donors (Lipinski definition) is 1. The van der Waals surface area contributed by atoms with Crippen LogP contribution in [-0.2, 0) is 6.54 Å². The van der Waals surface area contributed by atoms with Crippen molar-refractivity contribution >= 4 is 46.5 Å². The lowest BCUT2D eigenvalue weighted by molar-refractivity contribution is 0.102. The first-order valence-corrected chi connectivity index (χ1v) is 8.19. The molecular formula is C17H12Cl3N3O.